The zero-order valence-corrected chi connectivity index (χ0v) is 6.49. The van der Waals surface area contributed by atoms with Crippen LogP contribution in [0, 0.1) is 0 Å². The van der Waals surface area contributed by atoms with Gasteiger partial charge in [-0.2, -0.15) is 0 Å². The van der Waals surface area contributed by atoms with Crippen LogP contribution in [-0.4, -0.2) is 10.2 Å². The highest BCUT2D eigenvalue weighted by Gasteiger charge is 2.07. The summed E-state index contributed by atoms with van der Waals surface area (Å²) in [4.78, 5) is 0. The molecule has 2 heteroatoms. The van der Waals surface area contributed by atoms with Crippen LogP contribution < -0.4 is 0 Å². The summed E-state index contributed by atoms with van der Waals surface area (Å²) >= 11 is 0. The van der Waals surface area contributed by atoms with Crippen LogP contribution in [0.25, 0.3) is 0 Å². The molecule has 0 spiro atoms. The van der Waals surface area contributed by atoms with Crippen molar-refractivity contribution in [3.63, 3.8) is 0 Å². The number of benzene rings is 1. The Hall–Kier alpha value is -1.02. The third kappa shape index (κ3) is 1.71. The largest absolute Gasteiger partial charge is 0.508 e. The molecule has 0 aromatic heterocycles. The average molecular weight is 152 g/mol. The summed E-state index contributed by atoms with van der Waals surface area (Å²) < 4.78 is 0. The fraction of sp³-hybridized carbons (Fsp3) is 0.333. The summed E-state index contributed by atoms with van der Waals surface area (Å²) in [6.45, 7) is 1.87. The minimum atomic E-state index is -0.545. The third-order valence-corrected chi connectivity index (χ3v) is 1.68. The second-order valence-corrected chi connectivity index (χ2v) is 2.48. The summed E-state index contributed by atoms with van der Waals surface area (Å²) in [6, 6.07) is 6.84. The normalized spacial score (nSPS) is 12.9. The summed E-state index contributed by atoms with van der Waals surface area (Å²) in [6.07, 6.45) is 0.0774. The fourth-order valence-corrected chi connectivity index (χ4v) is 0.989. The monoisotopic (exact) mass is 152 g/mol. The van der Waals surface area contributed by atoms with Crippen molar-refractivity contribution in [1.29, 1.82) is 0 Å². The molecule has 11 heavy (non-hydrogen) atoms. The molecule has 2 N–H and O–H groups in total. The molecular formula is C9H12O2. The Morgan fingerprint density at radius 3 is 2.55 bits per heavy atom. The highest BCUT2D eigenvalue weighted by atomic mass is 16.3. The molecule has 1 aromatic carbocycles. The minimum absolute atomic E-state index is 0.168. The highest BCUT2D eigenvalue weighted by molar-refractivity contribution is 5.33. The predicted molar refractivity (Wildman–Crippen MR) is 43.4 cm³/mol. The molecule has 0 bridgehead atoms. The molecule has 0 aliphatic carbocycles. The molecule has 0 aliphatic heterocycles. The van der Waals surface area contributed by atoms with E-state index in [1.165, 1.54) is 0 Å². The van der Waals surface area contributed by atoms with Crippen molar-refractivity contribution in [2.75, 3.05) is 0 Å². The Kier molecular flexibility index (Phi) is 2.49. The second-order valence-electron chi connectivity index (χ2n) is 2.48. The number of aliphatic hydroxyl groups is 1. The number of hydrogen-bond donors (Lipinski definition) is 2. The Bertz CT molecular complexity index is 233. The Morgan fingerprint density at radius 1 is 1.36 bits per heavy atom. The lowest BCUT2D eigenvalue weighted by molar-refractivity contribution is 0.170. The smallest absolute Gasteiger partial charge is 0.121 e. The van der Waals surface area contributed by atoms with Crippen molar-refractivity contribution < 1.29 is 10.2 Å². The first-order valence-corrected chi connectivity index (χ1v) is 3.71. The third-order valence-electron chi connectivity index (χ3n) is 1.68. The first-order valence-electron chi connectivity index (χ1n) is 3.71. The van der Waals surface area contributed by atoms with Gasteiger partial charge in [0, 0.05) is 5.56 Å². The van der Waals surface area contributed by atoms with E-state index in [9.17, 15) is 10.2 Å². The first-order chi connectivity index (χ1) is 5.25. The zero-order chi connectivity index (χ0) is 8.27. The Balaban J connectivity index is 2.93. The van der Waals surface area contributed by atoms with Crippen molar-refractivity contribution in [1.82, 2.24) is 0 Å². The maximum absolute atomic E-state index is 9.35. The van der Waals surface area contributed by atoms with Crippen molar-refractivity contribution in [3.05, 3.63) is 29.8 Å². The number of hydrogen-bond acceptors (Lipinski definition) is 2. The van der Waals surface area contributed by atoms with Crippen LogP contribution in [-0.2, 0) is 0 Å². The molecule has 0 amide bonds. The number of aliphatic hydroxyl groups excluding tert-OH is 1. The predicted octanol–water partition coefficient (Wildman–Crippen LogP) is 1.84. The van der Waals surface area contributed by atoms with E-state index in [2.05, 4.69) is 0 Å². The van der Waals surface area contributed by atoms with E-state index in [1.54, 1.807) is 24.3 Å². The first kappa shape index (κ1) is 8.08. The number of phenolic OH excluding ortho intramolecular Hbond substituents is 1. The van der Waals surface area contributed by atoms with E-state index in [0.717, 1.165) is 0 Å². The van der Waals surface area contributed by atoms with Gasteiger partial charge in [0.2, 0.25) is 0 Å². The standard InChI is InChI=1S/C9H12O2/c1-2-8(10)7-5-3-4-6-9(7)11/h3-6,8,10-11H,2H2,1H3. The lowest BCUT2D eigenvalue weighted by atomic mass is 10.1. The van der Waals surface area contributed by atoms with Gasteiger partial charge in [-0.3, -0.25) is 0 Å². The van der Waals surface area contributed by atoms with Gasteiger partial charge in [0.1, 0.15) is 5.75 Å². The molecule has 60 valence electrons. The van der Waals surface area contributed by atoms with Gasteiger partial charge in [-0.05, 0) is 12.5 Å². The van der Waals surface area contributed by atoms with E-state index < -0.39 is 6.10 Å². The van der Waals surface area contributed by atoms with Gasteiger partial charge in [0.15, 0.2) is 0 Å². The van der Waals surface area contributed by atoms with Crippen LogP contribution >= 0.6 is 0 Å². The second kappa shape index (κ2) is 3.39. The molecule has 0 fully saturated rings. The van der Waals surface area contributed by atoms with Crippen LogP contribution in [0.5, 0.6) is 5.75 Å². The molecule has 0 radical (unpaired) electrons. The number of aromatic hydroxyl groups is 1. The minimum Gasteiger partial charge on any atom is -0.508 e. The van der Waals surface area contributed by atoms with Crippen LogP contribution in [0.4, 0.5) is 0 Å². The van der Waals surface area contributed by atoms with Gasteiger partial charge in [-0.1, -0.05) is 25.1 Å². The fourth-order valence-electron chi connectivity index (χ4n) is 0.989. The van der Waals surface area contributed by atoms with E-state index in [-0.39, 0.29) is 5.75 Å². The summed E-state index contributed by atoms with van der Waals surface area (Å²) in [5, 5.41) is 18.6. The molecular weight excluding hydrogens is 140 g/mol. The quantitative estimate of drug-likeness (QED) is 0.678. The molecule has 0 saturated carbocycles. The lowest BCUT2D eigenvalue weighted by Crippen LogP contribution is -1.94. The van der Waals surface area contributed by atoms with Crippen molar-refractivity contribution in [2.24, 2.45) is 0 Å². The zero-order valence-electron chi connectivity index (χ0n) is 6.49. The SMILES string of the molecule is CCC(O)c1ccccc1O. The Labute approximate surface area is 66.1 Å². The lowest BCUT2D eigenvalue weighted by Gasteiger charge is -2.08. The van der Waals surface area contributed by atoms with Gasteiger partial charge in [-0.25, -0.2) is 0 Å². The number of rotatable bonds is 2. The Morgan fingerprint density at radius 2 is 2.00 bits per heavy atom. The van der Waals surface area contributed by atoms with Gasteiger partial charge in [-0.15, -0.1) is 0 Å². The summed E-state index contributed by atoms with van der Waals surface area (Å²) in [5.41, 5.74) is 0.606. The van der Waals surface area contributed by atoms with Crippen LogP contribution in [0.3, 0.4) is 0 Å². The maximum Gasteiger partial charge on any atom is 0.121 e. The van der Waals surface area contributed by atoms with E-state index in [0.29, 0.717) is 12.0 Å². The molecule has 2 nitrogen and oxygen atoms in total. The number of phenols is 1. The topological polar surface area (TPSA) is 40.5 Å². The maximum atomic E-state index is 9.35. The molecule has 0 saturated heterocycles. The van der Waals surface area contributed by atoms with Crippen molar-refractivity contribution in [2.45, 2.75) is 19.4 Å². The van der Waals surface area contributed by atoms with E-state index in [1.807, 2.05) is 6.92 Å². The van der Waals surface area contributed by atoms with Crippen molar-refractivity contribution >= 4 is 0 Å². The van der Waals surface area contributed by atoms with Crippen molar-refractivity contribution in [3.8, 4) is 5.75 Å². The number of para-hydroxylation sites is 1. The summed E-state index contributed by atoms with van der Waals surface area (Å²) in [7, 11) is 0. The van der Waals surface area contributed by atoms with Crippen LogP contribution in [0.1, 0.15) is 25.0 Å². The van der Waals surface area contributed by atoms with E-state index >= 15 is 0 Å². The van der Waals surface area contributed by atoms with Gasteiger partial charge in [0.25, 0.3) is 0 Å². The van der Waals surface area contributed by atoms with E-state index in [4.69, 9.17) is 0 Å². The van der Waals surface area contributed by atoms with Gasteiger partial charge < -0.3 is 10.2 Å². The molecule has 1 unspecified atom stereocenters. The summed E-state index contributed by atoms with van der Waals surface area (Å²) in [5.74, 6) is 0.168. The van der Waals surface area contributed by atoms with Crippen LogP contribution in [0.15, 0.2) is 24.3 Å². The van der Waals surface area contributed by atoms with Gasteiger partial charge in [0.05, 0.1) is 6.10 Å². The molecule has 1 rings (SSSR count). The van der Waals surface area contributed by atoms with Crippen LogP contribution in [0.2, 0.25) is 0 Å². The molecule has 1 aromatic rings. The molecule has 0 heterocycles. The average Bonchev–Trinajstić information content (AvgIpc) is 2.04. The van der Waals surface area contributed by atoms with Gasteiger partial charge >= 0.3 is 0 Å². The molecule has 0 aliphatic rings. The molecule has 1 atom stereocenters. The highest BCUT2D eigenvalue weighted by Crippen LogP contribution is 2.24.